The molecule has 6 heteroatoms. The molecule has 4 heterocycles. The van der Waals surface area contributed by atoms with Crippen molar-refractivity contribution in [1.82, 2.24) is 19.9 Å². The number of H-pyrrole nitrogens is 1. The molecule has 1 aliphatic rings. The Hall–Kier alpha value is -3.09. The van der Waals surface area contributed by atoms with Crippen LogP contribution in [-0.4, -0.2) is 26.4 Å². The topological polar surface area (TPSA) is 61.9 Å². The van der Waals surface area contributed by atoms with E-state index in [1.54, 1.807) is 11.3 Å². The summed E-state index contributed by atoms with van der Waals surface area (Å²) in [6, 6.07) is 18.1. The second-order valence-electron chi connectivity index (χ2n) is 7.20. The van der Waals surface area contributed by atoms with Crippen LogP contribution in [-0.2, 0) is 19.5 Å². The lowest BCUT2D eigenvalue weighted by molar-refractivity contribution is 0.241. The molecule has 0 atom stereocenters. The van der Waals surface area contributed by atoms with Crippen LogP contribution in [0, 0.1) is 0 Å². The zero-order chi connectivity index (χ0) is 19.6. The molecule has 0 bridgehead atoms. The van der Waals surface area contributed by atoms with Gasteiger partial charge < -0.3 is 4.98 Å². The number of pyridine rings is 1. The van der Waals surface area contributed by atoms with Gasteiger partial charge in [-0.05, 0) is 23.1 Å². The lowest BCUT2D eigenvalue weighted by Gasteiger charge is -2.27. The number of aromatic nitrogens is 3. The average Bonchev–Trinajstić information content (AvgIpc) is 3.30. The molecule has 5 nitrogen and oxygen atoms in total. The number of benzene rings is 1. The van der Waals surface area contributed by atoms with Crippen molar-refractivity contribution in [2.24, 2.45) is 0 Å². The van der Waals surface area contributed by atoms with E-state index in [0.29, 0.717) is 12.4 Å². The second kappa shape index (κ2) is 7.73. The van der Waals surface area contributed by atoms with E-state index >= 15 is 0 Å². The highest BCUT2D eigenvalue weighted by atomic mass is 32.1. The molecule has 29 heavy (non-hydrogen) atoms. The number of aromatic amines is 1. The van der Waals surface area contributed by atoms with Crippen molar-refractivity contribution >= 4 is 11.3 Å². The van der Waals surface area contributed by atoms with Crippen LogP contribution < -0.4 is 5.56 Å². The van der Waals surface area contributed by atoms with Gasteiger partial charge in [-0.15, -0.1) is 11.3 Å². The van der Waals surface area contributed by atoms with Gasteiger partial charge in [0.1, 0.15) is 5.82 Å². The van der Waals surface area contributed by atoms with E-state index in [9.17, 15) is 4.79 Å². The Kier molecular flexibility index (Phi) is 4.79. The maximum atomic E-state index is 12.7. The van der Waals surface area contributed by atoms with Gasteiger partial charge in [0.15, 0.2) is 0 Å². The third-order valence-corrected chi connectivity index (χ3v) is 6.09. The van der Waals surface area contributed by atoms with Gasteiger partial charge in [-0.2, -0.15) is 0 Å². The minimum Gasteiger partial charge on any atom is -0.306 e. The molecular weight excluding hydrogens is 380 g/mol. The Morgan fingerprint density at radius 2 is 1.97 bits per heavy atom. The molecule has 144 valence electrons. The minimum atomic E-state index is -0.0373. The van der Waals surface area contributed by atoms with Crippen LogP contribution in [0.1, 0.15) is 16.8 Å². The average molecular weight is 401 g/mol. The molecule has 0 spiro atoms. The van der Waals surface area contributed by atoms with E-state index in [0.717, 1.165) is 47.6 Å². The first-order chi connectivity index (χ1) is 14.3. The van der Waals surface area contributed by atoms with Gasteiger partial charge in [-0.3, -0.25) is 14.7 Å². The number of thiophene rings is 1. The fourth-order valence-corrected chi connectivity index (χ4v) is 4.40. The molecule has 1 N–H and O–H groups in total. The second-order valence-corrected chi connectivity index (χ2v) is 8.14. The Bertz CT molecular complexity index is 1170. The Morgan fingerprint density at radius 1 is 1.07 bits per heavy atom. The number of nitrogens with one attached hydrogen (secondary N) is 1. The fourth-order valence-electron chi connectivity index (χ4n) is 3.69. The van der Waals surface area contributed by atoms with Crippen molar-refractivity contribution in [2.45, 2.75) is 19.5 Å². The summed E-state index contributed by atoms with van der Waals surface area (Å²) in [5, 5.41) is 2.06. The Balaban J connectivity index is 1.33. The van der Waals surface area contributed by atoms with Crippen molar-refractivity contribution in [3.63, 3.8) is 0 Å². The first kappa shape index (κ1) is 18.0. The van der Waals surface area contributed by atoms with Gasteiger partial charge in [0.25, 0.3) is 5.56 Å². The van der Waals surface area contributed by atoms with Gasteiger partial charge in [-0.25, -0.2) is 4.98 Å². The Labute approximate surface area is 172 Å². The maximum Gasteiger partial charge on any atom is 0.255 e. The SMILES string of the molecule is O=c1[nH]c(-c2ccccc2)nc2c1CN(Cc1ccc(-c3cccs3)nc1)CC2. The Morgan fingerprint density at radius 3 is 2.72 bits per heavy atom. The number of hydrogen-bond acceptors (Lipinski definition) is 5. The summed E-state index contributed by atoms with van der Waals surface area (Å²) in [7, 11) is 0. The molecule has 0 saturated heterocycles. The third kappa shape index (κ3) is 3.77. The van der Waals surface area contributed by atoms with Gasteiger partial charge in [0.05, 0.1) is 21.8 Å². The van der Waals surface area contributed by atoms with Gasteiger partial charge in [0.2, 0.25) is 0 Å². The molecule has 5 rings (SSSR count). The van der Waals surface area contributed by atoms with E-state index in [-0.39, 0.29) is 5.56 Å². The number of hydrogen-bond donors (Lipinski definition) is 1. The number of rotatable bonds is 4. The van der Waals surface area contributed by atoms with Crippen LogP contribution in [0.4, 0.5) is 0 Å². The summed E-state index contributed by atoms with van der Waals surface area (Å²) in [5.41, 5.74) is 4.74. The molecule has 0 amide bonds. The molecule has 0 radical (unpaired) electrons. The molecular formula is C23H20N4OS. The molecule has 3 aromatic heterocycles. The zero-order valence-corrected chi connectivity index (χ0v) is 16.7. The number of fused-ring (bicyclic) bond motifs is 1. The normalized spacial score (nSPS) is 13.9. The van der Waals surface area contributed by atoms with Crippen molar-refractivity contribution in [3.05, 3.63) is 93.3 Å². The van der Waals surface area contributed by atoms with Crippen molar-refractivity contribution in [1.29, 1.82) is 0 Å². The van der Waals surface area contributed by atoms with Crippen molar-refractivity contribution < 1.29 is 0 Å². The van der Waals surface area contributed by atoms with E-state index in [4.69, 9.17) is 4.98 Å². The first-order valence-electron chi connectivity index (χ1n) is 9.65. The predicted octanol–water partition coefficient (Wildman–Crippen LogP) is 4.12. The highest BCUT2D eigenvalue weighted by molar-refractivity contribution is 7.13. The van der Waals surface area contributed by atoms with Gasteiger partial charge >= 0.3 is 0 Å². The maximum absolute atomic E-state index is 12.7. The van der Waals surface area contributed by atoms with Crippen molar-refractivity contribution in [2.75, 3.05) is 6.54 Å². The fraction of sp³-hybridized carbons (Fsp3) is 0.174. The molecule has 0 saturated carbocycles. The van der Waals surface area contributed by atoms with Gasteiger partial charge in [-0.1, -0.05) is 42.5 Å². The van der Waals surface area contributed by atoms with E-state index in [1.165, 1.54) is 4.88 Å². The molecule has 0 aliphatic carbocycles. The summed E-state index contributed by atoms with van der Waals surface area (Å²) < 4.78 is 0. The van der Waals surface area contributed by atoms with E-state index in [1.807, 2.05) is 42.6 Å². The highest BCUT2D eigenvalue weighted by Crippen LogP contribution is 2.23. The lowest BCUT2D eigenvalue weighted by atomic mass is 10.1. The minimum absolute atomic E-state index is 0.0373. The third-order valence-electron chi connectivity index (χ3n) is 5.20. The molecule has 1 aromatic carbocycles. The summed E-state index contributed by atoms with van der Waals surface area (Å²) >= 11 is 1.69. The van der Waals surface area contributed by atoms with Crippen LogP contribution in [0.3, 0.4) is 0 Å². The lowest BCUT2D eigenvalue weighted by Crippen LogP contribution is -2.35. The molecule has 1 aliphatic heterocycles. The van der Waals surface area contributed by atoms with E-state index < -0.39 is 0 Å². The smallest absolute Gasteiger partial charge is 0.255 e. The van der Waals surface area contributed by atoms with Crippen LogP contribution >= 0.6 is 11.3 Å². The van der Waals surface area contributed by atoms with Gasteiger partial charge in [0, 0.05) is 37.8 Å². The summed E-state index contributed by atoms with van der Waals surface area (Å²) in [4.78, 5) is 28.4. The monoisotopic (exact) mass is 400 g/mol. The predicted molar refractivity (Wildman–Crippen MR) is 116 cm³/mol. The standard InChI is InChI=1S/C23H20N4OS/c28-23-18-15-27(14-16-8-9-20(24-13-16)21-7-4-12-29-21)11-10-19(18)25-22(26-23)17-5-2-1-3-6-17/h1-9,12-13H,10-11,14-15H2,(H,25,26,28). The summed E-state index contributed by atoms with van der Waals surface area (Å²) in [6.45, 7) is 2.26. The highest BCUT2D eigenvalue weighted by Gasteiger charge is 2.21. The summed E-state index contributed by atoms with van der Waals surface area (Å²) in [5.74, 6) is 0.649. The van der Waals surface area contributed by atoms with Crippen LogP contribution in [0.2, 0.25) is 0 Å². The molecule has 0 unspecified atom stereocenters. The number of nitrogens with zero attached hydrogens (tertiary/aromatic N) is 3. The van der Waals surface area contributed by atoms with Crippen molar-refractivity contribution in [3.8, 4) is 22.0 Å². The molecule has 4 aromatic rings. The molecule has 0 fully saturated rings. The quantitative estimate of drug-likeness (QED) is 0.560. The first-order valence-corrected chi connectivity index (χ1v) is 10.5. The zero-order valence-electron chi connectivity index (χ0n) is 15.8. The van der Waals surface area contributed by atoms with E-state index in [2.05, 4.69) is 38.4 Å². The largest absolute Gasteiger partial charge is 0.306 e. The van der Waals surface area contributed by atoms with Crippen LogP contribution in [0.15, 0.2) is 71.0 Å². The summed E-state index contributed by atoms with van der Waals surface area (Å²) in [6.07, 6.45) is 2.71. The van der Waals surface area contributed by atoms with Crippen LogP contribution in [0.5, 0.6) is 0 Å². The van der Waals surface area contributed by atoms with Crippen LogP contribution in [0.25, 0.3) is 22.0 Å².